The van der Waals surface area contributed by atoms with Gasteiger partial charge in [-0.3, -0.25) is 0 Å². The second-order valence-electron chi connectivity index (χ2n) is 4.26. The molecule has 1 N–H and O–H groups in total. The first kappa shape index (κ1) is 12.7. The number of hydrogen-bond acceptors (Lipinski definition) is 4. The monoisotopic (exact) mass is 266 g/mol. The topological polar surface area (TPSA) is 24.9 Å². The van der Waals surface area contributed by atoms with Crippen LogP contribution >= 0.6 is 22.7 Å². The van der Waals surface area contributed by atoms with Gasteiger partial charge < -0.3 is 5.32 Å². The lowest BCUT2D eigenvalue weighted by molar-refractivity contribution is 0.597. The Morgan fingerprint density at radius 2 is 2.12 bits per heavy atom. The molecule has 0 amide bonds. The van der Waals surface area contributed by atoms with Crippen molar-refractivity contribution in [2.75, 3.05) is 7.05 Å². The zero-order chi connectivity index (χ0) is 12.4. The summed E-state index contributed by atoms with van der Waals surface area (Å²) >= 11 is 3.64. The van der Waals surface area contributed by atoms with E-state index < -0.39 is 0 Å². The van der Waals surface area contributed by atoms with Crippen molar-refractivity contribution >= 4 is 22.7 Å². The zero-order valence-electron chi connectivity index (χ0n) is 10.7. The molecule has 0 aliphatic carbocycles. The Balaban J connectivity index is 2.18. The van der Waals surface area contributed by atoms with E-state index in [0.29, 0.717) is 6.04 Å². The van der Waals surface area contributed by atoms with E-state index in [9.17, 15) is 0 Å². The maximum atomic E-state index is 4.62. The van der Waals surface area contributed by atoms with Crippen molar-refractivity contribution in [1.29, 1.82) is 0 Å². The van der Waals surface area contributed by atoms with Gasteiger partial charge in [0.25, 0.3) is 0 Å². The van der Waals surface area contributed by atoms with Gasteiger partial charge in [0, 0.05) is 22.2 Å². The molecular formula is C13H18N2S2. The molecule has 0 radical (unpaired) electrons. The minimum absolute atomic E-state index is 0.389. The molecule has 0 fully saturated rings. The fraction of sp³-hybridized carbons (Fsp3) is 0.462. The summed E-state index contributed by atoms with van der Waals surface area (Å²) in [6.45, 7) is 6.40. The lowest BCUT2D eigenvalue weighted by atomic mass is 10.1. The molecule has 17 heavy (non-hydrogen) atoms. The van der Waals surface area contributed by atoms with Gasteiger partial charge in [0.1, 0.15) is 0 Å². The Labute approximate surface area is 111 Å². The van der Waals surface area contributed by atoms with Crippen LogP contribution in [0.25, 0.3) is 0 Å². The highest BCUT2D eigenvalue weighted by Crippen LogP contribution is 2.28. The van der Waals surface area contributed by atoms with Crippen LogP contribution in [0.3, 0.4) is 0 Å². The van der Waals surface area contributed by atoms with E-state index in [4.69, 9.17) is 0 Å². The third-order valence-electron chi connectivity index (χ3n) is 3.02. The quantitative estimate of drug-likeness (QED) is 0.914. The first-order chi connectivity index (χ1) is 8.11. The first-order valence-electron chi connectivity index (χ1n) is 5.76. The molecule has 1 atom stereocenters. The van der Waals surface area contributed by atoms with Gasteiger partial charge in [-0.25, -0.2) is 4.98 Å². The molecule has 1 unspecified atom stereocenters. The highest BCUT2D eigenvalue weighted by molar-refractivity contribution is 7.11. The van der Waals surface area contributed by atoms with Gasteiger partial charge in [0.05, 0.1) is 10.7 Å². The number of aromatic nitrogens is 1. The van der Waals surface area contributed by atoms with Gasteiger partial charge in [-0.05, 0) is 44.8 Å². The molecule has 2 nitrogen and oxygen atoms in total. The lowest BCUT2D eigenvalue weighted by Crippen LogP contribution is -2.18. The van der Waals surface area contributed by atoms with E-state index in [-0.39, 0.29) is 0 Å². The highest BCUT2D eigenvalue weighted by atomic mass is 32.1. The minimum Gasteiger partial charge on any atom is -0.312 e. The number of rotatable bonds is 4. The number of thiazole rings is 1. The van der Waals surface area contributed by atoms with Crippen LogP contribution in [0.2, 0.25) is 0 Å². The molecule has 0 saturated heterocycles. The van der Waals surface area contributed by atoms with Crippen LogP contribution < -0.4 is 5.32 Å². The number of likely N-dealkylation sites (N-methyl/N-ethyl adjacent to an activating group) is 1. The predicted octanol–water partition coefficient (Wildman–Crippen LogP) is 3.63. The van der Waals surface area contributed by atoms with Gasteiger partial charge in [-0.2, -0.15) is 0 Å². The number of nitrogens with zero attached hydrogens (tertiary/aromatic N) is 1. The summed E-state index contributed by atoms with van der Waals surface area (Å²) in [7, 11) is 2.02. The first-order valence-corrected chi connectivity index (χ1v) is 7.45. The summed E-state index contributed by atoms with van der Waals surface area (Å²) in [5.74, 6) is 0. The van der Waals surface area contributed by atoms with Crippen molar-refractivity contribution in [3.8, 4) is 0 Å². The smallest absolute Gasteiger partial charge is 0.0950 e. The predicted molar refractivity (Wildman–Crippen MR) is 76.1 cm³/mol. The molecule has 2 aromatic heterocycles. The van der Waals surface area contributed by atoms with Gasteiger partial charge >= 0.3 is 0 Å². The molecule has 92 valence electrons. The van der Waals surface area contributed by atoms with Crippen LogP contribution in [0.4, 0.5) is 0 Å². The molecule has 0 aliphatic heterocycles. The van der Waals surface area contributed by atoms with E-state index in [1.54, 1.807) is 0 Å². The fourth-order valence-electron chi connectivity index (χ4n) is 1.87. The molecule has 0 aliphatic rings. The zero-order valence-corrected chi connectivity index (χ0v) is 12.3. The molecule has 4 heteroatoms. The van der Waals surface area contributed by atoms with Crippen molar-refractivity contribution in [3.05, 3.63) is 37.5 Å². The summed E-state index contributed by atoms with van der Waals surface area (Å²) in [4.78, 5) is 7.38. The maximum Gasteiger partial charge on any atom is 0.0950 e. The van der Waals surface area contributed by atoms with Crippen molar-refractivity contribution < 1.29 is 0 Å². The van der Waals surface area contributed by atoms with Gasteiger partial charge in [0.15, 0.2) is 0 Å². The number of thiophene rings is 1. The molecule has 2 heterocycles. The Kier molecular flexibility index (Phi) is 3.97. The number of nitrogens with one attached hydrogen (secondary N) is 1. The second-order valence-corrected chi connectivity index (χ2v) is 6.50. The second kappa shape index (κ2) is 5.29. The summed E-state index contributed by atoms with van der Waals surface area (Å²) < 4.78 is 0. The Morgan fingerprint density at radius 1 is 1.35 bits per heavy atom. The number of hydrogen-bond donors (Lipinski definition) is 1. The van der Waals surface area contributed by atoms with Crippen molar-refractivity contribution in [2.24, 2.45) is 0 Å². The highest BCUT2D eigenvalue weighted by Gasteiger charge is 2.16. The molecule has 0 bridgehead atoms. The summed E-state index contributed by atoms with van der Waals surface area (Å²) in [6, 6.07) is 2.57. The molecule has 0 spiro atoms. The van der Waals surface area contributed by atoms with Crippen LogP contribution in [0.1, 0.15) is 32.1 Å². The third kappa shape index (κ3) is 2.76. The van der Waals surface area contributed by atoms with E-state index in [0.717, 1.165) is 6.42 Å². The summed E-state index contributed by atoms with van der Waals surface area (Å²) in [5.41, 5.74) is 2.54. The van der Waals surface area contributed by atoms with Gasteiger partial charge in [-0.15, -0.1) is 22.7 Å². The SMILES string of the molecule is CNC(Cc1nc(C)c(C)s1)c1sccc1C. The Hall–Kier alpha value is -0.710. The summed E-state index contributed by atoms with van der Waals surface area (Å²) in [5, 5.41) is 6.79. The van der Waals surface area contributed by atoms with E-state index in [1.807, 2.05) is 29.7 Å². The largest absolute Gasteiger partial charge is 0.312 e. The Bertz CT molecular complexity index is 480. The van der Waals surface area contributed by atoms with Crippen LogP contribution in [0.15, 0.2) is 11.4 Å². The van der Waals surface area contributed by atoms with Crippen LogP contribution in [0.5, 0.6) is 0 Å². The third-order valence-corrected chi connectivity index (χ3v) is 5.25. The minimum atomic E-state index is 0.389. The molecule has 0 aromatic carbocycles. The fourth-order valence-corrected chi connectivity index (χ4v) is 3.89. The summed E-state index contributed by atoms with van der Waals surface area (Å²) in [6.07, 6.45) is 0.983. The van der Waals surface area contributed by atoms with E-state index in [2.05, 4.69) is 42.5 Å². The lowest BCUT2D eigenvalue weighted by Gasteiger charge is -2.14. The molecule has 2 aromatic rings. The molecule has 2 rings (SSSR count). The Morgan fingerprint density at radius 3 is 2.59 bits per heavy atom. The van der Waals surface area contributed by atoms with Crippen molar-refractivity contribution in [1.82, 2.24) is 10.3 Å². The average molecular weight is 266 g/mol. The van der Waals surface area contributed by atoms with E-state index >= 15 is 0 Å². The van der Waals surface area contributed by atoms with Crippen molar-refractivity contribution in [3.63, 3.8) is 0 Å². The van der Waals surface area contributed by atoms with E-state index in [1.165, 1.54) is 26.0 Å². The van der Waals surface area contributed by atoms with Crippen LogP contribution in [-0.4, -0.2) is 12.0 Å². The average Bonchev–Trinajstić information content (AvgIpc) is 2.83. The van der Waals surface area contributed by atoms with Gasteiger partial charge in [-0.1, -0.05) is 0 Å². The van der Waals surface area contributed by atoms with Crippen LogP contribution in [0, 0.1) is 20.8 Å². The van der Waals surface area contributed by atoms with Crippen molar-refractivity contribution in [2.45, 2.75) is 33.2 Å². The normalized spacial score (nSPS) is 12.9. The number of aryl methyl sites for hydroxylation is 3. The standard InChI is InChI=1S/C13H18N2S2/c1-8-5-6-16-13(8)11(14-4)7-12-15-9(2)10(3)17-12/h5-6,11,14H,7H2,1-4H3. The van der Waals surface area contributed by atoms with Crippen LogP contribution in [-0.2, 0) is 6.42 Å². The molecule has 0 saturated carbocycles. The molecular weight excluding hydrogens is 248 g/mol. The van der Waals surface area contributed by atoms with Gasteiger partial charge in [0.2, 0.25) is 0 Å². The maximum absolute atomic E-state index is 4.62.